The van der Waals surface area contributed by atoms with Gasteiger partial charge in [0.15, 0.2) is 12.1 Å². The Labute approximate surface area is 157 Å². The normalized spacial score (nSPS) is 21.3. The van der Waals surface area contributed by atoms with Gasteiger partial charge in [-0.05, 0) is 7.05 Å². The molecule has 2 fully saturated rings. The van der Waals surface area contributed by atoms with E-state index in [4.69, 9.17) is 19.1 Å². The third kappa shape index (κ3) is 4.78. The Morgan fingerprint density at radius 3 is 2.36 bits per heavy atom. The van der Waals surface area contributed by atoms with Crippen molar-refractivity contribution < 1.29 is 41.8 Å². The molecule has 0 radical (unpaired) electrons. The second kappa shape index (κ2) is 8.14. The molecule has 10 nitrogen and oxygen atoms in total. The van der Waals surface area contributed by atoms with Crippen LogP contribution in [0.25, 0.3) is 0 Å². The quantitative estimate of drug-likeness (QED) is 0.676. The van der Waals surface area contributed by atoms with Gasteiger partial charge in [0.05, 0.1) is 19.7 Å². The minimum atomic E-state index is -5.08. The number of amides is 2. The van der Waals surface area contributed by atoms with Gasteiger partial charge in [-0.3, -0.25) is 14.5 Å². The molecule has 0 aliphatic carbocycles. The SMILES string of the molecule is CNC(=O)C1COC2(CN(C(=O)c3cocn3)C2)CN1C.O=C(O)C(F)(F)F. The van der Waals surface area contributed by atoms with Crippen LogP contribution in [0.4, 0.5) is 13.2 Å². The van der Waals surface area contributed by atoms with Gasteiger partial charge in [-0.15, -0.1) is 0 Å². The number of ether oxygens (including phenoxy) is 1. The van der Waals surface area contributed by atoms with E-state index in [-0.39, 0.29) is 23.5 Å². The molecule has 156 valence electrons. The molecule has 0 aromatic carbocycles. The fraction of sp³-hybridized carbons (Fsp3) is 0.600. The first-order chi connectivity index (χ1) is 13.0. The molecule has 2 amide bonds. The highest BCUT2D eigenvalue weighted by Gasteiger charge is 2.51. The fourth-order valence-corrected chi connectivity index (χ4v) is 2.90. The van der Waals surface area contributed by atoms with Gasteiger partial charge >= 0.3 is 12.1 Å². The molecular weight excluding hydrogens is 389 g/mol. The summed E-state index contributed by atoms with van der Waals surface area (Å²) in [7, 11) is 3.51. The molecule has 13 heteroatoms. The van der Waals surface area contributed by atoms with E-state index in [1.54, 1.807) is 11.9 Å². The van der Waals surface area contributed by atoms with Crippen molar-refractivity contribution in [2.45, 2.75) is 17.8 Å². The van der Waals surface area contributed by atoms with E-state index < -0.39 is 12.1 Å². The van der Waals surface area contributed by atoms with Gasteiger partial charge in [-0.2, -0.15) is 13.2 Å². The topological polar surface area (TPSA) is 125 Å². The first kappa shape index (κ1) is 21.6. The molecule has 2 aliphatic heterocycles. The van der Waals surface area contributed by atoms with Gasteiger partial charge in [-0.1, -0.05) is 0 Å². The number of aromatic nitrogens is 1. The average Bonchev–Trinajstić information content (AvgIpc) is 3.12. The van der Waals surface area contributed by atoms with E-state index in [2.05, 4.69) is 10.3 Å². The minimum Gasteiger partial charge on any atom is -0.475 e. The Hall–Kier alpha value is -2.67. The van der Waals surface area contributed by atoms with Crippen LogP contribution in [0.15, 0.2) is 17.1 Å². The maximum Gasteiger partial charge on any atom is 0.490 e. The number of nitrogens with zero attached hydrogens (tertiary/aromatic N) is 3. The number of morpholine rings is 1. The molecule has 0 bridgehead atoms. The fourth-order valence-electron chi connectivity index (χ4n) is 2.90. The summed E-state index contributed by atoms with van der Waals surface area (Å²) in [5.74, 6) is -2.97. The summed E-state index contributed by atoms with van der Waals surface area (Å²) in [4.78, 5) is 40.2. The van der Waals surface area contributed by atoms with Gasteiger partial charge in [0.2, 0.25) is 5.91 Å². The maximum atomic E-state index is 12.1. The van der Waals surface area contributed by atoms with E-state index in [1.807, 2.05) is 11.9 Å². The van der Waals surface area contributed by atoms with Crippen molar-refractivity contribution in [1.29, 1.82) is 0 Å². The molecule has 1 aromatic rings. The van der Waals surface area contributed by atoms with E-state index in [9.17, 15) is 22.8 Å². The maximum absolute atomic E-state index is 12.1. The Bertz CT molecular complexity index is 718. The van der Waals surface area contributed by atoms with Gasteiger partial charge in [0.1, 0.15) is 17.9 Å². The zero-order valence-electron chi connectivity index (χ0n) is 15.0. The number of likely N-dealkylation sites (N-methyl/N-ethyl adjacent to an activating group) is 2. The number of likely N-dealkylation sites (tertiary alicyclic amines) is 1. The number of alkyl halides is 3. The molecule has 3 rings (SSSR count). The van der Waals surface area contributed by atoms with Crippen LogP contribution in [0.5, 0.6) is 0 Å². The number of oxazole rings is 1. The summed E-state index contributed by atoms with van der Waals surface area (Å²) < 4.78 is 42.4. The van der Waals surface area contributed by atoms with Gasteiger partial charge in [-0.25, -0.2) is 9.78 Å². The number of hydrogen-bond donors (Lipinski definition) is 2. The Balaban J connectivity index is 0.000000345. The number of carboxylic acid groups (broad SMARTS) is 1. The van der Waals surface area contributed by atoms with Crippen molar-refractivity contribution in [2.75, 3.05) is 40.3 Å². The molecule has 28 heavy (non-hydrogen) atoms. The summed E-state index contributed by atoms with van der Waals surface area (Å²) in [6, 6.07) is -0.277. The van der Waals surface area contributed by atoms with Crippen molar-refractivity contribution in [3.8, 4) is 0 Å². The highest BCUT2D eigenvalue weighted by Crippen LogP contribution is 2.31. The second-order valence-electron chi connectivity index (χ2n) is 6.38. The lowest BCUT2D eigenvalue weighted by Gasteiger charge is -2.54. The van der Waals surface area contributed by atoms with Crippen LogP contribution in [0.1, 0.15) is 10.5 Å². The minimum absolute atomic E-state index is 0.0535. The predicted octanol–water partition coefficient (Wildman–Crippen LogP) is -0.421. The Kier molecular flexibility index (Phi) is 6.29. The Morgan fingerprint density at radius 2 is 1.93 bits per heavy atom. The molecular formula is C15H19F3N4O6. The van der Waals surface area contributed by atoms with Gasteiger partial charge < -0.3 is 24.5 Å². The molecule has 0 saturated carbocycles. The van der Waals surface area contributed by atoms with Crippen LogP contribution < -0.4 is 5.32 Å². The molecule has 2 N–H and O–H groups in total. The third-order valence-electron chi connectivity index (χ3n) is 4.31. The molecule has 1 unspecified atom stereocenters. The van der Waals surface area contributed by atoms with Crippen LogP contribution in [0.2, 0.25) is 0 Å². The van der Waals surface area contributed by atoms with E-state index >= 15 is 0 Å². The van der Waals surface area contributed by atoms with Crippen molar-refractivity contribution >= 4 is 17.8 Å². The van der Waals surface area contributed by atoms with Crippen molar-refractivity contribution in [3.63, 3.8) is 0 Å². The Morgan fingerprint density at radius 1 is 1.32 bits per heavy atom. The van der Waals surface area contributed by atoms with Gasteiger partial charge in [0.25, 0.3) is 5.91 Å². The second-order valence-corrected chi connectivity index (χ2v) is 6.38. The zero-order valence-corrected chi connectivity index (χ0v) is 15.0. The lowest BCUT2D eigenvalue weighted by molar-refractivity contribution is -0.192. The van der Waals surface area contributed by atoms with Crippen molar-refractivity contribution in [1.82, 2.24) is 20.1 Å². The van der Waals surface area contributed by atoms with Crippen LogP contribution in [-0.4, -0.2) is 95.8 Å². The lowest BCUT2D eigenvalue weighted by Crippen LogP contribution is -2.73. The summed E-state index contributed by atoms with van der Waals surface area (Å²) in [5, 5.41) is 9.76. The van der Waals surface area contributed by atoms with Crippen LogP contribution in [-0.2, 0) is 14.3 Å². The summed E-state index contributed by atoms with van der Waals surface area (Å²) in [6.45, 7) is 1.96. The predicted molar refractivity (Wildman–Crippen MR) is 85.3 cm³/mol. The molecule has 3 heterocycles. The number of rotatable bonds is 2. The molecule has 2 aliphatic rings. The lowest BCUT2D eigenvalue weighted by atomic mass is 9.90. The largest absolute Gasteiger partial charge is 0.490 e. The number of carboxylic acids is 1. The average molecular weight is 408 g/mol. The van der Waals surface area contributed by atoms with E-state index in [0.717, 1.165) is 0 Å². The van der Waals surface area contributed by atoms with Crippen LogP contribution in [0.3, 0.4) is 0 Å². The number of aliphatic carboxylic acids is 1. The van der Waals surface area contributed by atoms with E-state index in [0.29, 0.717) is 31.9 Å². The molecule has 1 spiro atoms. The molecule has 1 aromatic heterocycles. The summed E-state index contributed by atoms with van der Waals surface area (Å²) in [6.07, 6.45) is -2.51. The number of nitrogens with one attached hydrogen (secondary N) is 1. The number of carbonyl (C=O) groups is 3. The van der Waals surface area contributed by atoms with Crippen molar-refractivity contribution in [3.05, 3.63) is 18.4 Å². The highest BCUT2D eigenvalue weighted by molar-refractivity contribution is 5.92. The molecule has 1 atom stereocenters. The van der Waals surface area contributed by atoms with Crippen LogP contribution >= 0.6 is 0 Å². The first-order valence-electron chi connectivity index (χ1n) is 8.02. The summed E-state index contributed by atoms with van der Waals surface area (Å²) >= 11 is 0. The van der Waals surface area contributed by atoms with E-state index in [1.165, 1.54) is 12.7 Å². The zero-order chi connectivity index (χ0) is 21.1. The van der Waals surface area contributed by atoms with Crippen molar-refractivity contribution in [2.24, 2.45) is 0 Å². The number of halogens is 3. The molecule has 2 saturated heterocycles. The first-order valence-corrected chi connectivity index (χ1v) is 8.02. The summed E-state index contributed by atoms with van der Waals surface area (Å²) in [5.41, 5.74) is -0.0733. The number of hydrogen-bond acceptors (Lipinski definition) is 7. The monoisotopic (exact) mass is 408 g/mol. The van der Waals surface area contributed by atoms with Gasteiger partial charge in [0, 0.05) is 13.6 Å². The van der Waals surface area contributed by atoms with Crippen LogP contribution in [0, 0.1) is 0 Å². The standard InChI is InChI=1S/C13H18N4O4.C2HF3O2/c1-14-11(18)10-4-21-13(5-16(10)2)6-17(7-13)12(19)9-3-20-8-15-9;3-2(4,5)1(6)7/h3,8,10H,4-7H2,1-2H3,(H,14,18);(H,6,7). The smallest absolute Gasteiger partial charge is 0.475 e. The third-order valence-corrected chi connectivity index (χ3v) is 4.31. The highest BCUT2D eigenvalue weighted by atomic mass is 19.4. The number of carbonyl (C=O) groups excluding carboxylic acids is 2.